The van der Waals surface area contributed by atoms with E-state index < -0.39 is 46.7 Å². The molecule has 1 aliphatic heterocycles. The van der Waals surface area contributed by atoms with E-state index in [1.54, 1.807) is 13.8 Å². The second-order valence-electron chi connectivity index (χ2n) is 7.07. The first-order valence-corrected chi connectivity index (χ1v) is 12.8. The van der Waals surface area contributed by atoms with E-state index in [9.17, 15) is 24.0 Å². The van der Waals surface area contributed by atoms with E-state index in [1.165, 1.54) is 0 Å². The predicted molar refractivity (Wildman–Crippen MR) is 103 cm³/mol. The van der Waals surface area contributed by atoms with Gasteiger partial charge in [0.25, 0.3) is 0 Å². The first kappa shape index (κ1) is 27.1. The van der Waals surface area contributed by atoms with E-state index in [4.69, 9.17) is 27.9 Å². The van der Waals surface area contributed by atoms with Gasteiger partial charge in [-0.05, 0) is 26.7 Å². The summed E-state index contributed by atoms with van der Waals surface area (Å²) in [5.41, 5.74) is 0. The third kappa shape index (κ3) is 11.9. The fraction of sp³-hybridized carbons (Fsp3) is 1.00. The zero-order chi connectivity index (χ0) is 21.9. The van der Waals surface area contributed by atoms with E-state index in [-0.39, 0.29) is 19.8 Å². The Morgan fingerprint density at radius 1 is 1.00 bits per heavy atom. The molecule has 1 fully saturated rings. The van der Waals surface area contributed by atoms with Crippen molar-refractivity contribution in [1.82, 2.24) is 0 Å². The average molecular weight is 464 g/mol. The molecule has 0 bridgehead atoms. The van der Waals surface area contributed by atoms with Crippen molar-refractivity contribution in [2.24, 2.45) is 0 Å². The van der Waals surface area contributed by atoms with E-state index in [0.29, 0.717) is 6.42 Å². The second kappa shape index (κ2) is 13.5. The van der Waals surface area contributed by atoms with Crippen molar-refractivity contribution in [3.8, 4) is 0 Å². The first-order valence-electron chi connectivity index (χ1n) is 9.78. The molecular weight excluding hydrogens is 430 g/mol. The van der Waals surface area contributed by atoms with Gasteiger partial charge in [-0.1, -0.05) is 25.7 Å². The lowest BCUT2D eigenvalue weighted by Crippen LogP contribution is -2.35. The lowest BCUT2D eigenvalue weighted by atomic mass is 10.1. The van der Waals surface area contributed by atoms with Crippen LogP contribution in [-0.4, -0.2) is 70.8 Å². The van der Waals surface area contributed by atoms with Crippen LogP contribution in [0.5, 0.6) is 0 Å². The smallest absolute Gasteiger partial charge is 0.396 e. The van der Waals surface area contributed by atoms with Gasteiger partial charge in [0.05, 0.1) is 25.9 Å². The van der Waals surface area contributed by atoms with Crippen LogP contribution in [-0.2, 0) is 32.0 Å². The lowest BCUT2D eigenvalue weighted by molar-refractivity contribution is -0.0143. The monoisotopic (exact) mass is 464 g/mol. The number of phosphoric ester groups is 2. The fourth-order valence-electron chi connectivity index (χ4n) is 2.69. The summed E-state index contributed by atoms with van der Waals surface area (Å²) >= 11 is 0. The second-order valence-corrected chi connectivity index (χ2v) is 9.89. The maximum atomic E-state index is 12.1. The summed E-state index contributed by atoms with van der Waals surface area (Å²) in [6.45, 7) is 2.64. The lowest BCUT2D eigenvalue weighted by Gasteiger charge is -2.24. The summed E-state index contributed by atoms with van der Waals surface area (Å²) in [7, 11) is -8.79. The summed E-state index contributed by atoms with van der Waals surface area (Å²) in [5.74, 6) is 0. The molecule has 11 nitrogen and oxygen atoms in total. The molecule has 0 aromatic rings. The maximum Gasteiger partial charge on any atom is 0.472 e. The molecule has 1 saturated heterocycles. The molecule has 4 N–H and O–H groups in total. The summed E-state index contributed by atoms with van der Waals surface area (Å²) < 4.78 is 48.6. The molecule has 1 rings (SSSR count). The maximum absolute atomic E-state index is 12.1. The average Bonchev–Trinajstić information content (AvgIpc) is 2.94. The van der Waals surface area contributed by atoms with Crippen LogP contribution >= 0.6 is 15.6 Å². The van der Waals surface area contributed by atoms with Crippen LogP contribution in [0.4, 0.5) is 0 Å². The van der Waals surface area contributed by atoms with Gasteiger partial charge in [-0.15, -0.1) is 0 Å². The van der Waals surface area contributed by atoms with Gasteiger partial charge in [-0.25, -0.2) is 9.13 Å². The van der Waals surface area contributed by atoms with Crippen molar-refractivity contribution in [2.75, 3.05) is 26.4 Å². The number of rotatable bonds is 16. The molecule has 0 radical (unpaired) electrons. The zero-order valence-electron chi connectivity index (χ0n) is 16.9. The molecule has 0 amide bonds. The predicted octanol–water partition coefficient (Wildman–Crippen LogP) is 2.12. The Bertz CT molecular complexity index is 545. The Hall–Kier alpha value is 0.1000. The van der Waals surface area contributed by atoms with Gasteiger partial charge >= 0.3 is 15.6 Å². The number of ether oxygens (including phenoxy) is 1. The molecule has 29 heavy (non-hydrogen) atoms. The van der Waals surface area contributed by atoms with Crippen molar-refractivity contribution >= 4 is 15.6 Å². The van der Waals surface area contributed by atoms with Crippen molar-refractivity contribution in [2.45, 2.75) is 76.8 Å². The summed E-state index contributed by atoms with van der Waals surface area (Å²) in [6, 6.07) is 0. The molecule has 0 aromatic carbocycles. The van der Waals surface area contributed by atoms with Crippen LogP contribution in [0, 0.1) is 0 Å². The van der Waals surface area contributed by atoms with Crippen LogP contribution in [0.3, 0.4) is 0 Å². The number of hydrogen-bond donors (Lipinski definition) is 4. The molecule has 174 valence electrons. The van der Waals surface area contributed by atoms with E-state index >= 15 is 0 Å². The molecule has 1 aliphatic rings. The van der Waals surface area contributed by atoms with Gasteiger partial charge in [-0.2, -0.15) is 0 Å². The Kier molecular flexibility index (Phi) is 12.6. The van der Waals surface area contributed by atoms with E-state index in [2.05, 4.69) is 0 Å². The highest BCUT2D eigenvalue weighted by Crippen LogP contribution is 2.48. The molecular formula is C16H34O11P2. The van der Waals surface area contributed by atoms with Gasteiger partial charge in [0, 0.05) is 6.61 Å². The quantitative estimate of drug-likeness (QED) is 0.196. The topological polar surface area (TPSA) is 161 Å². The molecule has 13 heteroatoms. The fourth-order valence-corrected chi connectivity index (χ4v) is 4.62. The van der Waals surface area contributed by atoms with Crippen LogP contribution in [0.2, 0.25) is 0 Å². The standard InChI is InChI=1S/C16H34O11P2/c1-13(2)26-29(21,22)25-12-15-16(14(18)11-23-15)27-28(19,20)24-10-8-6-4-3-5-7-9-17/h13-18H,3-12H2,1-2H3,(H,19,20)(H,21,22)/t14-,15+,16-/m0/s1. The Morgan fingerprint density at radius 3 is 2.24 bits per heavy atom. The largest absolute Gasteiger partial charge is 0.472 e. The van der Waals surface area contributed by atoms with Gasteiger partial charge in [0.15, 0.2) is 0 Å². The molecule has 0 spiro atoms. The Balaban J connectivity index is 2.39. The summed E-state index contributed by atoms with van der Waals surface area (Å²) in [4.78, 5) is 19.5. The van der Waals surface area contributed by atoms with Gasteiger partial charge in [0.1, 0.15) is 18.3 Å². The third-order valence-electron chi connectivity index (χ3n) is 4.03. The minimum Gasteiger partial charge on any atom is -0.396 e. The summed E-state index contributed by atoms with van der Waals surface area (Å²) in [5, 5.41) is 18.6. The van der Waals surface area contributed by atoms with Crippen LogP contribution < -0.4 is 0 Å². The highest BCUT2D eigenvalue weighted by molar-refractivity contribution is 7.47. The molecule has 0 aromatic heterocycles. The molecule has 1 heterocycles. The normalized spacial score (nSPS) is 26.5. The third-order valence-corrected chi connectivity index (χ3v) is 6.22. The molecule has 5 atom stereocenters. The van der Waals surface area contributed by atoms with Gasteiger partial charge in [-0.3, -0.25) is 18.1 Å². The number of aliphatic hydroxyl groups excluding tert-OH is 2. The van der Waals surface area contributed by atoms with Gasteiger partial charge < -0.3 is 24.7 Å². The Morgan fingerprint density at radius 2 is 1.62 bits per heavy atom. The van der Waals surface area contributed by atoms with Crippen LogP contribution in [0.1, 0.15) is 52.4 Å². The van der Waals surface area contributed by atoms with Crippen molar-refractivity contribution in [3.05, 3.63) is 0 Å². The molecule has 2 unspecified atom stereocenters. The molecule has 0 saturated carbocycles. The number of phosphoric acid groups is 2. The van der Waals surface area contributed by atoms with Crippen molar-refractivity contribution < 1.29 is 52.0 Å². The Labute approximate surface area is 171 Å². The van der Waals surface area contributed by atoms with Crippen LogP contribution in [0.15, 0.2) is 0 Å². The van der Waals surface area contributed by atoms with Crippen molar-refractivity contribution in [3.63, 3.8) is 0 Å². The number of unbranched alkanes of at least 4 members (excludes halogenated alkanes) is 5. The SMILES string of the molecule is CC(C)OP(=O)(O)OC[C@H]1OC[C@H](O)[C@@H]1OP(=O)(O)OCCCCCCCCO. The first-order chi connectivity index (χ1) is 13.6. The van der Waals surface area contributed by atoms with Crippen LogP contribution in [0.25, 0.3) is 0 Å². The number of aliphatic hydroxyl groups is 2. The van der Waals surface area contributed by atoms with E-state index in [0.717, 1.165) is 32.1 Å². The minimum atomic E-state index is -4.46. The zero-order valence-corrected chi connectivity index (χ0v) is 18.7. The van der Waals surface area contributed by atoms with Crippen molar-refractivity contribution in [1.29, 1.82) is 0 Å². The van der Waals surface area contributed by atoms with E-state index in [1.807, 2.05) is 0 Å². The number of hydrogen-bond acceptors (Lipinski definition) is 9. The molecule has 0 aliphatic carbocycles. The van der Waals surface area contributed by atoms with Gasteiger partial charge in [0.2, 0.25) is 0 Å². The highest BCUT2D eigenvalue weighted by atomic mass is 31.2. The highest BCUT2D eigenvalue weighted by Gasteiger charge is 2.43. The summed E-state index contributed by atoms with van der Waals surface area (Å²) in [6.07, 6.45) is 0.886. The minimum absolute atomic E-state index is 0.00663.